The summed E-state index contributed by atoms with van der Waals surface area (Å²) in [6.45, 7) is 2.34. The minimum Gasteiger partial charge on any atom is -0.389 e. The molecule has 0 saturated heterocycles. The lowest BCUT2D eigenvalue weighted by molar-refractivity contribution is -0.125. The van der Waals surface area contributed by atoms with Gasteiger partial charge in [0.25, 0.3) is 0 Å². The minimum absolute atomic E-state index is 0.0587. The van der Waals surface area contributed by atoms with Gasteiger partial charge in [0.15, 0.2) is 5.78 Å². The van der Waals surface area contributed by atoms with Crippen molar-refractivity contribution in [1.82, 2.24) is 0 Å². The Morgan fingerprint density at radius 3 is 2.45 bits per heavy atom. The van der Waals surface area contributed by atoms with E-state index in [0.29, 0.717) is 0 Å². The molecule has 1 aromatic rings. The number of unbranched alkanes of at least 4 members (excludes halogenated alkanes) is 1. The van der Waals surface area contributed by atoms with Gasteiger partial charge >= 0.3 is 0 Å². The lowest BCUT2D eigenvalue weighted by Gasteiger charge is -2.24. The molecule has 22 heavy (non-hydrogen) atoms. The van der Waals surface area contributed by atoms with Crippen LogP contribution in [-0.2, 0) is 30.5 Å². The molecule has 2 rings (SSSR count). The third kappa shape index (κ3) is 4.17. The van der Waals surface area contributed by atoms with Crippen LogP contribution in [0.4, 0.5) is 0 Å². The highest BCUT2D eigenvalue weighted by Gasteiger charge is 2.20. The van der Waals surface area contributed by atoms with Gasteiger partial charge in [-0.3, -0.25) is 4.79 Å². The molecule has 3 nitrogen and oxygen atoms in total. The molecule has 1 atom stereocenters. The van der Waals surface area contributed by atoms with Gasteiger partial charge in [0.1, 0.15) is 6.61 Å². The molecule has 3 heteroatoms. The van der Waals surface area contributed by atoms with Gasteiger partial charge in [-0.2, -0.15) is 0 Å². The van der Waals surface area contributed by atoms with Crippen LogP contribution in [0.5, 0.6) is 0 Å². The summed E-state index contributed by atoms with van der Waals surface area (Å²) in [5.41, 5.74) is 11.4. The molecule has 0 bridgehead atoms. The number of benzene rings is 1. The molecule has 0 fully saturated rings. The lowest BCUT2D eigenvalue weighted by atomic mass is 9.81. The Hall–Kier alpha value is -1.19. The zero-order valence-electron chi connectivity index (χ0n) is 13.7. The summed E-state index contributed by atoms with van der Waals surface area (Å²) in [6.07, 6.45) is 8.93. The van der Waals surface area contributed by atoms with Crippen molar-refractivity contribution in [2.45, 2.75) is 58.3 Å². The predicted molar refractivity (Wildman–Crippen MR) is 90.0 cm³/mol. The molecule has 0 amide bonds. The zero-order chi connectivity index (χ0) is 15.9. The van der Waals surface area contributed by atoms with E-state index in [1.54, 1.807) is 0 Å². The van der Waals surface area contributed by atoms with Crippen molar-refractivity contribution in [3.8, 4) is 0 Å². The van der Waals surface area contributed by atoms with Crippen LogP contribution in [-0.4, -0.2) is 24.0 Å². The Morgan fingerprint density at radius 2 is 1.82 bits per heavy atom. The molecular weight excluding hydrogens is 274 g/mol. The number of ketones is 1. The van der Waals surface area contributed by atoms with E-state index in [1.165, 1.54) is 41.5 Å². The molecule has 0 aromatic heterocycles. The molecule has 0 saturated carbocycles. The van der Waals surface area contributed by atoms with Gasteiger partial charge in [-0.15, -0.1) is 0 Å². The summed E-state index contributed by atoms with van der Waals surface area (Å²) in [6, 6.07) is 4.47. The van der Waals surface area contributed by atoms with Gasteiger partial charge in [0, 0.05) is 5.92 Å². The van der Waals surface area contributed by atoms with E-state index < -0.39 is 0 Å². The summed E-state index contributed by atoms with van der Waals surface area (Å²) in [5, 5.41) is 9.03. The highest BCUT2D eigenvalue weighted by Crippen LogP contribution is 2.30. The zero-order valence-corrected chi connectivity index (χ0v) is 13.7. The van der Waals surface area contributed by atoms with Crippen molar-refractivity contribution < 1.29 is 9.90 Å². The number of Topliss-reactive ketones (excluding diaryl/α,β-unsaturated/α-hetero) is 1. The van der Waals surface area contributed by atoms with E-state index in [1.807, 2.05) is 6.92 Å². The first-order valence-corrected chi connectivity index (χ1v) is 8.63. The first-order chi connectivity index (χ1) is 10.7. The normalized spacial score (nSPS) is 15.4. The van der Waals surface area contributed by atoms with Crippen LogP contribution in [0.3, 0.4) is 0 Å². The van der Waals surface area contributed by atoms with Crippen LogP contribution in [0.2, 0.25) is 0 Å². The first-order valence-electron chi connectivity index (χ1n) is 8.63. The van der Waals surface area contributed by atoms with Crippen LogP contribution >= 0.6 is 0 Å². The number of aryl methyl sites for hydroxylation is 1. The van der Waals surface area contributed by atoms with Crippen molar-refractivity contribution in [1.29, 1.82) is 0 Å². The summed E-state index contributed by atoms with van der Waals surface area (Å²) >= 11 is 0. The molecule has 1 aliphatic rings. The molecule has 0 unspecified atom stereocenters. The number of carbonyl (C=O) groups excluding carboxylic acids is 1. The van der Waals surface area contributed by atoms with Crippen molar-refractivity contribution in [3.63, 3.8) is 0 Å². The minimum atomic E-state index is -0.347. The number of hydrogen-bond donors (Lipinski definition) is 2. The van der Waals surface area contributed by atoms with Crippen LogP contribution in [0, 0.1) is 5.92 Å². The number of aliphatic hydroxyl groups excluding tert-OH is 1. The summed E-state index contributed by atoms with van der Waals surface area (Å²) in [5.74, 6) is -0.157. The molecule has 0 heterocycles. The van der Waals surface area contributed by atoms with Gasteiger partial charge in [-0.25, -0.2) is 0 Å². The average molecular weight is 303 g/mol. The Bertz CT molecular complexity index is 510. The standard InChI is InChI=1S/C19H29NO2/c1-14(19(22)13-21)12-16-10-9-15(6-4-5-11-20)17-7-2-3-8-18(16)17/h9-10,14,21H,2-8,11-13,20H2,1H3/t14-/m0/s1. The number of fused-ring (bicyclic) bond motifs is 1. The average Bonchev–Trinajstić information content (AvgIpc) is 2.56. The second-order valence-electron chi connectivity index (χ2n) is 6.52. The number of hydrogen-bond acceptors (Lipinski definition) is 3. The molecule has 0 spiro atoms. The third-order valence-electron chi connectivity index (χ3n) is 4.86. The summed E-state index contributed by atoms with van der Waals surface area (Å²) in [7, 11) is 0. The van der Waals surface area contributed by atoms with Crippen LogP contribution < -0.4 is 5.73 Å². The molecule has 1 aliphatic carbocycles. The highest BCUT2D eigenvalue weighted by molar-refractivity contribution is 5.81. The fourth-order valence-corrected chi connectivity index (χ4v) is 3.50. The molecule has 0 aliphatic heterocycles. The van der Waals surface area contributed by atoms with Crippen LogP contribution in [0.15, 0.2) is 12.1 Å². The van der Waals surface area contributed by atoms with E-state index in [2.05, 4.69) is 12.1 Å². The van der Waals surface area contributed by atoms with E-state index in [0.717, 1.165) is 38.6 Å². The monoisotopic (exact) mass is 303 g/mol. The quantitative estimate of drug-likeness (QED) is 0.726. The number of carbonyl (C=O) groups is 1. The Kier molecular flexibility index (Phi) is 6.59. The van der Waals surface area contributed by atoms with Crippen LogP contribution in [0.1, 0.15) is 54.9 Å². The predicted octanol–water partition coefficient (Wildman–Crippen LogP) is 2.59. The molecule has 122 valence electrons. The van der Waals surface area contributed by atoms with Gasteiger partial charge < -0.3 is 10.8 Å². The van der Waals surface area contributed by atoms with E-state index in [9.17, 15) is 4.79 Å². The maximum absolute atomic E-state index is 11.7. The van der Waals surface area contributed by atoms with Crippen molar-refractivity contribution in [2.24, 2.45) is 11.7 Å². The second-order valence-corrected chi connectivity index (χ2v) is 6.52. The number of rotatable bonds is 8. The Labute approximate surface area is 133 Å². The first kappa shape index (κ1) is 17.2. The maximum Gasteiger partial charge on any atom is 0.161 e. The Balaban J connectivity index is 2.19. The lowest BCUT2D eigenvalue weighted by Crippen LogP contribution is -2.19. The summed E-state index contributed by atoms with van der Waals surface area (Å²) in [4.78, 5) is 11.7. The smallest absolute Gasteiger partial charge is 0.161 e. The Morgan fingerprint density at radius 1 is 1.18 bits per heavy atom. The summed E-state index contributed by atoms with van der Waals surface area (Å²) < 4.78 is 0. The van der Waals surface area contributed by atoms with E-state index in [-0.39, 0.29) is 18.3 Å². The van der Waals surface area contributed by atoms with Crippen LogP contribution in [0.25, 0.3) is 0 Å². The number of aliphatic hydroxyl groups is 1. The second kappa shape index (κ2) is 8.44. The maximum atomic E-state index is 11.7. The van der Waals surface area contributed by atoms with Gasteiger partial charge in [0.05, 0.1) is 0 Å². The van der Waals surface area contributed by atoms with Gasteiger partial charge in [-0.05, 0) is 80.2 Å². The largest absolute Gasteiger partial charge is 0.389 e. The molecule has 0 radical (unpaired) electrons. The molecule has 1 aromatic carbocycles. The van der Waals surface area contributed by atoms with Crippen molar-refractivity contribution >= 4 is 5.78 Å². The number of nitrogens with two attached hydrogens (primary N) is 1. The topological polar surface area (TPSA) is 63.3 Å². The van der Waals surface area contributed by atoms with Crippen molar-refractivity contribution in [2.75, 3.05) is 13.2 Å². The van der Waals surface area contributed by atoms with Gasteiger partial charge in [-0.1, -0.05) is 19.1 Å². The fraction of sp³-hybridized carbons (Fsp3) is 0.632. The third-order valence-corrected chi connectivity index (χ3v) is 4.86. The van der Waals surface area contributed by atoms with Gasteiger partial charge in [0.2, 0.25) is 0 Å². The van der Waals surface area contributed by atoms with E-state index in [4.69, 9.17) is 10.8 Å². The highest BCUT2D eigenvalue weighted by atomic mass is 16.3. The van der Waals surface area contributed by atoms with E-state index >= 15 is 0 Å². The molecular formula is C19H29NO2. The SMILES string of the molecule is C[C@@H](Cc1ccc(CCCCN)c2c1CCCC2)C(=O)CO. The fourth-order valence-electron chi connectivity index (χ4n) is 3.50. The molecule has 3 N–H and O–H groups in total. The van der Waals surface area contributed by atoms with Crippen molar-refractivity contribution in [3.05, 3.63) is 34.4 Å².